The van der Waals surface area contributed by atoms with Gasteiger partial charge in [0.25, 0.3) is 0 Å². The van der Waals surface area contributed by atoms with Crippen LogP contribution in [0.15, 0.2) is 53.3 Å². The number of rotatable bonds is 6. The van der Waals surface area contributed by atoms with Crippen LogP contribution in [0.4, 0.5) is 5.69 Å². The van der Waals surface area contributed by atoms with Crippen LogP contribution in [-0.4, -0.2) is 5.91 Å². The summed E-state index contributed by atoms with van der Waals surface area (Å²) in [6.45, 7) is 2.94. The summed E-state index contributed by atoms with van der Waals surface area (Å²) < 4.78 is 3.16. The first-order valence-electron chi connectivity index (χ1n) is 7.15. The summed E-state index contributed by atoms with van der Waals surface area (Å²) in [6.07, 6.45) is 6.55. The van der Waals surface area contributed by atoms with Crippen LogP contribution in [0.5, 0.6) is 0 Å². The molecule has 5 heteroatoms. The topological polar surface area (TPSA) is 33.0 Å². The zero-order valence-corrected chi connectivity index (χ0v) is 15.7. The molecule has 22 heavy (non-hydrogen) atoms. The van der Waals surface area contributed by atoms with Crippen molar-refractivity contribution in [2.75, 3.05) is 5.32 Å². The number of carbonyl (C=O) groups is 1. The number of aromatic nitrogens is 1. The normalized spacial score (nSPS) is 9.91. The second-order valence-corrected chi connectivity index (χ2v) is 5.99. The van der Waals surface area contributed by atoms with Crippen LogP contribution in [0.1, 0.15) is 24.8 Å². The summed E-state index contributed by atoms with van der Waals surface area (Å²) in [7, 11) is 0. The Morgan fingerprint density at radius 3 is 2.59 bits per heavy atom. The Balaban J connectivity index is 0.00000242. The molecular weight excluding hydrogens is 408 g/mol. The number of amides is 1. The van der Waals surface area contributed by atoms with Gasteiger partial charge in [-0.3, -0.25) is 4.79 Å². The number of anilines is 1. The molecule has 2 rings (SSSR count). The molecule has 2 aromatic rings. The Morgan fingerprint density at radius 1 is 1.18 bits per heavy atom. The maximum Gasteiger partial charge on any atom is 0.224 e. The van der Waals surface area contributed by atoms with Crippen molar-refractivity contribution < 1.29 is 26.3 Å². The molecule has 1 aromatic heterocycles. The number of hydrogen-bond donors (Lipinski definition) is 1. The van der Waals surface area contributed by atoms with Crippen molar-refractivity contribution in [2.45, 2.75) is 32.7 Å². The van der Waals surface area contributed by atoms with E-state index in [1.807, 2.05) is 55.7 Å². The number of pyridine rings is 1. The summed E-state index contributed by atoms with van der Waals surface area (Å²) in [4.78, 5) is 11.9. The SMILES string of the molecule is Cc1cc(Br)ccc1NC(=O)CCCC[n+]1ccccc1.[Br-]. The lowest BCUT2D eigenvalue weighted by molar-refractivity contribution is -0.697. The largest absolute Gasteiger partial charge is 1.00 e. The Kier molecular flexibility index (Phi) is 8.35. The predicted molar refractivity (Wildman–Crippen MR) is 88.0 cm³/mol. The number of carbonyl (C=O) groups excluding carboxylic acids is 1. The lowest BCUT2D eigenvalue weighted by Crippen LogP contribution is -3.00. The quantitative estimate of drug-likeness (QED) is 0.538. The van der Waals surface area contributed by atoms with Gasteiger partial charge in [-0.25, -0.2) is 4.57 Å². The molecule has 0 aliphatic carbocycles. The number of hydrogen-bond acceptors (Lipinski definition) is 1. The van der Waals surface area contributed by atoms with Crippen molar-refractivity contribution >= 4 is 27.5 Å². The van der Waals surface area contributed by atoms with Crippen molar-refractivity contribution in [1.82, 2.24) is 0 Å². The third-order valence-corrected chi connectivity index (χ3v) is 3.80. The van der Waals surface area contributed by atoms with E-state index in [0.717, 1.165) is 35.1 Å². The molecule has 0 bridgehead atoms. The molecule has 1 heterocycles. The average Bonchev–Trinajstić information content (AvgIpc) is 2.48. The highest BCUT2D eigenvalue weighted by Gasteiger charge is 2.06. The zero-order chi connectivity index (χ0) is 15.1. The molecule has 0 atom stereocenters. The molecule has 1 amide bonds. The lowest BCUT2D eigenvalue weighted by atomic mass is 10.2. The zero-order valence-electron chi connectivity index (χ0n) is 12.6. The Morgan fingerprint density at radius 2 is 1.91 bits per heavy atom. The number of aryl methyl sites for hydroxylation is 2. The molecule has 0 fully saturated rings. The molecule has 0 saturated heterocycles. The minimum Gasteiger partial charge on any atom is -1.00 e. The van der Waals surface area contributed by atoms with Crippen molar-refractivity contribution in [2.24, 2.45) is 0 Å². The van der Waals surface area contributed by atoms with Crippen LogP contribution in [-0.2, 0) is 11.3 Å². The number of nitrogens with zero attached hydrogens (tertiary/aromatic N) is 1. The van der Waals surface area contributed by atoms with Crippen LogP contribution < -0.4 is 26.9 Å². The monoisotopic (exact) mass is 426 g/mol. The van der Waals surface area contributed by atoms with E-state index in [-0.39, 0.29) is 22.9 Å². The number of benzene rings is 1. The van der Waals surface area contributed by atoms with E-state index in [0.29, 0.717) is 6.42 Å². The lowest BCUT2D eigenvalue weighted by Gasteiger charge is -2.08. The third-order valence-electron chi connectivity index (χ3n) is 3.31. The van der Waals surface area contributed by atoms with Gasteiger partial charge in [0, 0.05) is 35.1 Å². The second kappa shape index (κ2) is 9.74. The van der Waals surface area contributed by atoms with E-state index in [1.165, 1.54) is 0 Å². The Hall–Kier alpha value is -1.20. The fourth-order valence-corrected chi connectivity index (χ4v) is 2.62. The van der Waals surface area contributed by atoms with E-state index in [2.05, 4.69) is 25.8 Å². The van der Waals surface area contributed by atoms with Crippen molar-refractivity contribution in [3.05, 3.63) is 58.8 Å². The molecule has 1 N–H and O–H groups in total. The van der Waals surface area contributed by atoms with E-state index < -0.39 is 0 Å². The molecule has 0 aliphatic rings. The van der Waals surface area contributed by atoms with E-state index in [9.17, 15) is 4.79 Å². The van der Waals surface area contributed by atoms with Crippen LogP contribution in [0.25, 0.3) is 0 Å². The molecule has 0 aliphatic heterocycles. The van der Waals surface area contributed by atoms with Gasteiger partial charge >= 0.3 is 0 Å². The molecule has 118 valence electrons. The van der Waals surface area contributed by atoms with Gasteiger partial charge < -0.3 is 22.3 Å². The van der Waals surface area contributed by atoms with Gasteiger partial charge in [0.1, 0.15) is 6.54 Å². The van der Waals surface area contributed by atoms with E-state index in [4.69, 9.17) is 0 Å². The van der Waals surface area contributed by atoms with Crippen molar-refractivity contribution in [3.8, 4) is 0 Å². The van der Waals surface area contributed by atoms with Gasteiger partial charge in [0.05, 0.1) is 0 Å². The summed E-state index contributed by atoms with van der Waals surface area (Å²) >= 11 is 3.42. The molecule has 3 nitrogen and oxygen atoms in total. The van der Waals surface area contributed by atoms with Crippen LogP contribution >= 0.6 is 15.9 Å². The first-order valence-corrected chi connectivity index (χ1v) is 7.94. The van der Waals surface area contributed by atoms with Gasteiger partial charge in [-0.05, 0) is 37.1 Å². The standard InChI is InChI=1S/C17H19BrN2O.BrH/c1-14-13-15(18)8-9-16(14)19-17(21)7-3-6-12-20-10-4-2-5-11-20;/h2,4-5,8-11,13H,3,6-7,12H2,1H3;1H. The first-order chi connectivity index (χ1) is 10.1. The molecule has 0 unspecified atom stereocenters. The van der Waals surface area contributed by atoms with E-state index in [1.54, 1.807) is 0 Å². The van der Waals surface area contributed by atoms with Crippen LogP contribution in [0.3, 0.4) is 0 Å². The van der Waals surface area contributed by atoms with Gasteiger partial charge in [-0.1, -0.05) is 22.0 Å². The van der Waals surface area contributed by atoms with Gasteiger partial charge in [-0.2, -0.15) is 0 Å². The number of nitrogens with one attached hydrogen (secondary N) is 1. The molecule has 0 spiro atoms. The molecule has 1 aromatic carbocycles. The smallest absolute Gasteiger partial charge is 0.224 e. The highest BCUT2D eigenvalue weighted by Crippen LogP contribution is 2.20. The van der Waals surface area contributed by atoms with Gasteiger partial charge in [0.15, 0.2) is 12.4 Å². The van der Waals surface area contributed by atoms with Gasteiger partial charge in [0.2, 0.25) is 5.91 Å². The van der Waals surface area contributed by atoms with E-state index >= 15 is 0 Å². The fraction of sp³-hybridized carbons (Fsp3) is 0.294. The van der Waals surface area contributed by atoms with Crippen LogP contribution in [0.2, 0.25) is 0 Å². The summed E-state index contributed by atoms with van der Waals surface area (Å²) in [5, 5.41) is 2.97. The maximum atomic E-state index is 11.9. The third kappa shape index (κ3) is 6.28. The first kappa shape index (κ1) is 18.8. The minimum atomic E-state index is 0. The van der Waals surface area contributed by atoms with Crippen molar-refractivity contribution in [1.29, 1.82) is 0 Å². The summed E-state index contributed by atoms with van der Waals surface area (Å²) in [5.74, 6) is 0.0819. The minimum absolute atomic E-state index is 0. The second-order valence-electron chi connectivity index (χ2n) is 5.08. The maximum absolute atomic E-state index is 11.9. The summed E-state index contributed by atoms with van der Waals surface area (Å²) in [6, 6.07) is 11.9. The Labute approximate surface area is 150 Å². The molecule has 0 saturated carbocycles. The summed E-state index contributed by atoms with van der Waals surface area (Å²) in [5.41, 5.74) is 1.96. The molecule has 0 radical (unpaired) electrons. The fourth-order valence-electron chi connectivity index (χ4n) is 2.14. The van der Waals surface area contributed by atoms with Crippen LogP contribution in [0, 0.1) is 6.92 Å². The average molecular weight is 428 g/mol. The number of unbranched alkanes of at least 4 members (excludes halogenated alkanes) is 1. The molecular formula is C17H20Br2N2O. The highest BCUT2D eigenvalue weighted by atomic mass is 79.9. The predicted octanol–water partition coefficient (Wildman–Crippen LogP) is 0.858. The highest BCUT2D eigenvalue weighted by molar-refractivity contribution is 9.10. The van der Waals surface area contributed by atoms with Crippen molar-refractivity contribution in [3.63, 3.8) is 0 Å². The number of halogens is 2. The van der Waals surface area contributed by atoms with Gasteiger partial charge in [-0.15, -0.1) is 0 Å². The Bertz CT molecular complexity index is 603.